The molecular weight excluding hydrogens is 300 g/mol. The number of methoxy groups -OCH3 is 1. The van der Waals surface area contributed by atoms with Crippen molar-refractivity contribution < 1.29 is 23.8 Å². The van der Waals surface area contributed by atoms with Crippen molar-refractivity contribution in [2.24, 2.45) is 0 Å². The van der Waals surface area contributed by atoms with E-state index in [1.807, 2.05) is 0 Å². The van der Waals surface area contributed by atoms with Crippen LogP contribution in [0.2, 0.25) is 0 Å². The van der Waals surface area contributed by atoms with E-state index in [2.05, 4.69) is 10.9 Å². The minimum absolute atomic E-state index is 0.0125. The molecule has 2 rings (SSSR count). The number of para-hydroxylation sites is 1. The molecule has 0 unspecified atom stereocenters. The molecule has 0 spiro atoms. The highest BCUT2D eigenvalue weighted by atomic mass is 16.5. The van der Waals surface area contributed by atoms with Crippen molar-refractivity contribution in [2.45, 2.75) is 20.8 Å². The van der Waals surface area contributed by atoms with Gasteiger partial charge in [0.1, 0.15) is 11.5 Å². The third-order valence-corrected chi connectivity index (χ3v) is 3.54. The van der Waals surface area contributed by atoms with Gasteiger partial charge in [0.2, 0.25) is 0 Å². The number of phenols is 1. The van der Waals surface area contributed by atoms with Crippen molar-refractivity contribution in [3.63, 3.8) is 0 Å². The Bertz CT molecular complexity index is 764. The number of ether oxygens (including phenoxy) is 1. The largest absolute Gasteiger partial charge is 0.504 e. The SMILES string of the molecule is COc1cccc(C(=O)NNC(=O)c2c(C)oc(C)c2C)c1O. The number of hydrazine groups is 1. The predicted molar refractivity (Wildman–Crippen MR) is 82.5 cm³/mol. The number of amides is 2. The highest BCUT2D eigenvalue weighted by Gasteiger charge is 2.20. The molecule has 3 N–H and O–H groups in total. The molecule has 1 aromatic carbocycles. The van der Waals surface area contributed by atoms with Gasteiger partial charge in [-0.25, -0.2) is 0 Å². The van der Waals surface area contributed by atoms with Crippen molar-refractivity contribution in [3.05, 3.63) is 46.4 Å². The molecule has 7 nitrogen and oxygen atoms in total. The molecule has 7 heteroatoms. The van der Waals surface area contributed by atoms with Crippen molar-refractivity contribution in [1.29, 1.82) is 0 Å². The molecule has 0 bridgehead atoms. The fraction of sp³-hybridized carbons (Fsp3) is 0.250. The Morgan fingerprint density at radius 3 is 2.30 bits per heavy atom. The number of hydrogen-bond acceptors (Lipinski definition) is 5. The quantitative estimate of drug-likeness (QED) is 0.751. The molecule has 1 heterocycles. The Morgan fingerprint density at radius 2 is 1.74 bits per heavy atom. The average Bonchev–Trinajstić information content (AvgIpc) is 2.77. The number of hydrogen-bond donors (Lipinski definition) is 3. The molecule has 2 amide bonds. The van der Waals surface area contributed by atoms with Crippen LogP contribution in [-0.2, 0) is 0 Å². The van der Waals surface area contributed by atoms with Crippen LogP contribution in [0.15, 0.2) is 22.6 Å². The van der Waals surface area contributed by atoms with Gasteiger partial charge < -0.3 is 14.3 Å². The maximum absolute atomic E-state index is 12.2. The molecule has 122 valence electrons. The summed E-state index contributed by atoms with van der Waals surface area (Å²) in [7, 11) is 1.38. The summed E-state index contributed by atoms with van der Waals surface area (Å²) in [4.78, 5) is 24.3. The van der Waals surface area contributed by atoms with Crippen LogP contribution in [0.3, 0.4) is 0 Å². The number of benzene rings is 1. The van der Waals surface area contributed by atoms with Crippen molar-refractivity contribution in [3.8, 4) is 11.5 Å². The number of carbonyl (C=O) groups is 2. The molecular formula is C16H18N2O5. The third kappa shape index (κ3) is 3.13. The average molecular weight is 318 g/mol. The van der Waals surface area contributed by atoms with Crippen LogP contribution in [0.25, 0.3) is 0 Å². The fourth-order valence-corrected chi connectivity index (χ4v) is 2.24. The monoisotopic (exact) mass is 318 g/mol. The van der Waals surface area contributed by atoms with Gasteiger partial charge >= 0.3 is 0 Å². The van der Waals surface area contributed by atoms with E-state index in [0.29, 0.717) is 22.6 Å². The number of rotatable bonds is 3. The molecule has 0 fully saturated rings. The molecule has 0 saturated carbocycles. The van der Waals surface area contributed by atoms with Crippen LogP contribution >= 0.6 is 0 Å². The second-order valence-corrected chi connectivity index (χ2v) is 4.98. The summed E-state index contributed by atoms with van der Waals surface area (Å²) < 4.78 is 10.3. The first-order chi connectivity index (χ1) is 10.9. The van der Waals surface area contributed by atoms with Crippen LogP contribution in [0.4, 0.5) is 0 Å². The third-order valence-electron chi connectivity index (χ3n) is 3.54. The van der Waals surface area contributed by atoms with E-state index in [1.54, 1.807) is 26.8 Å². The minimum Gasteiger partial charge on any atom is -0.504 e. The maximum atomic E-state index is 12.2. The van der Waals surface area contributed by atoms with E-state index >= 15 is 0 Å². The van der Waals surface area contributed by atoms with Crippen LogP contribution in [-0.4, -0.2) is 24.0 Å². The Hall–Kier alpha value is -2.96. The van der Waals surface area contributed by atoms with Gasteiger partial charge in [-0.05, 0) is 32.9 Å². The van der Waals surface area contributed by atoms with Crippen molar-refractivity contribution in [2.75, 3.05) is 7.11 Å². The molecule has 2 aromatic rings. The topological polar surface area (TPSA) is 101 Å². The molecule has 0 atom stereocenters. The lowest BCUT2D eigenvalue weighted by Gasteiger charge is -2.10. The lowest BCUT2D eigenvalue weighted by molar-refractivity contribution is 0.0843. The summed E-state index contributed by atoms with van der Waals surface area (Å²) in [5.41, 5.74) is 5.63. The number of carbonyl (C=O) groups excluding carboxylic acids is 2. The number of aromatic hydroxyl groups is 1. The molecule has 0 radical (unpaired) electrons. The van der Waals surface area contributed by atoms with Gasteiger partial charge in [-0.15, -0.1) is 0 Å². The molecule has 0 aliphatic heterocycles. The Labute approximate surface area is 133 Å². The maximum Gasteiger partial charge on any atom is 0.273 e. The summed E-state index contributed by atoms with van der Waals surface area (Å²) in [5, 5.41) is 9.92. The summed E-state index contributed by atoms with van der Waals surface area (Å²) in [6.07, 6.45) is 0. The molecule has 1 aromatic heterocycles. The first-order valence-electron chi connectivity index (χ1n) is 6.90. The highest BCUT2D eigenvalue weighted by Crippen LogP contribution is 2.29. The lowest BCUT2D eigenvalue weighted by atomic mass is 10.1. The first kappa shape index (κ1) is 16.4. The summed E-state index contributed by atoms with van der Waals surface area (Å²) >= 11 is 0. The Balaban J connectivity index is 2.12. The number of aryl methyl sites for hydroxylation is 2. The zero-order valence-electron chi connectivity index (χ0n) is 13.3. The Kier molecular flexibility index (Phi) is 4.59. The molecule has 23 heavy (non-hydrogen) atoms. The van der Waals surface area contributed by atoms with Crippen LogP contribution in [0.5, 0.6) is 11.5 Å². The fourth-order valence-electron chi connectivity index (χ4n) is 2.24. The second kappa shape index (κ2) is 6.43. The van der Waals surface area contributed by atoms with E-state index < -0.39 is 11.8 Å². The predicted octanol–water partition coefficient (Wildman–Crippen LogP) is 1.99. The molecule has 0 aliphatic carbocycles. The van der Waals surface area contributed by atoms with Gasteiger partial charge in [0.15, 0.2) is 11.5 Å². The summed E-state index contributed by atoms with van der Waals surface area (Å²) in [6, 6.07) is 4.49. The highest BCUT2D eigenvalue weighted by molar-refractivity contribution is 6.01. The summed E-state index contributed by atoms with van der Waals surface area (Å²) in [5.74, 6) is -0.173. The van der Waals surface area contributed by atoms with E-state index in [1.165, 1.54) is 19.2 Å². The van der Waals surface area contributed by atoms with Gasteiger partial charge in [-0.2, -0.15) is 0 Å². The van der Waals surface area contributed by atoms with E-state index in [0.717, 1.165) is 0 Å². The van der Waals surface area contributed by atoms with Gasteiger partial charge in [-0.3, -0.25) is 20.4 Å². The lowest BCUT2D eigenvalue weighted by Crippen LogP contribution is -2.42. The van der Waals surface area contributed by atoms with Gasteiger partial charge in [0.05, 0.1) is 18.2 Å². The minimum atomic E-state index is -0.662. The zero-order valence-corrected chi connectivity index (χ0v) is 13.3. The van der Waals surface area contributed by atoms with E-state index in [-0.39, 0.29) is 17.1 Å². The normalized spacial score (nSPS) is 10.3. The standard InChI is InChI=1S/C16H18N2O5/c1-8-9(2)23-10(3)13(8)16(21)18-17-15(20)11-6-5-7-12(22-4)14(11)19/h5-7,19H,1-4H3,(H,17,20)(H,18,21). The first-order valence-corrected chi connectivity index (χ1v) is 6.90. The number of furan rings is 1. The zero-order chi connectivity index (χ0) is 17.1. The van der Waals surface area contributed by atoms with Gasteiger partial charge in [-0.1, -0.05) is 6.07 Å². The van der Waals surface area contributed by atoms with Crippen LogP contribution in [0, 0.1) is 20.8 Å². The Morgan fingerprint density at radius 1 is 1.09 bits per heavy atom. The van der Waals surface area contributed by atoms with E-state index in [4.69, 9.17) is 9.15 Å². The van der Waals surface area contributed by atoms with Crippen LogP contribution in [0.1, 0.15) is 37.8 Å². The molecule has 0 aliphatic rings. The van der Waals surface area contributed by atoms with Gasteiger partial charge in [0, 0.05) is 5.56 Å². The second-order valence-electron chi connectivity index (χ2n) is 4.98. The van der Waals surface area contributed by atoms with Crippen molar-refractivity contribution >= 4 is 11.8 Å². The molecule has 0 saturated heterocycles. The van der Waals surface area contributed by atoms with Crippen LogP contribution < -0.4 is 15.6 Å². The summed E-state index contributed by atoms with van der Waals surface area (Å²) in [6.45, 7) is 5.19. The van der Waals surface area contributed by atoms with E-state index in [9.17, 15) is 14.7 Å². The number of nitrogens with one attached hydrogen (secondary N) is 2. The smallest absolute Gasteiger partial charge is 0.273 e. The van der Waals surface area contributed by atoms with Crippen molar-refractivity contribution in [1.82, 2.24) is 10.9 Å². The van der Waals surface area contributed by atoms with Gasteiger partial charge in [0.25, 0.3) is 11.8 Å². The number of phenolic OH excluding ortho intramolecular Hbond substituents is 1.